The van der Waals surface area contributed by atoms with Crippen molar-refractivity contribution in [2.45, 2.75) is 64.5 Å². The summed E-state index contributed by atoms with van der Waals surface area (Å²) in [5, 5.41) is 0. The molecular weight excluding hydrogens is 304 g/mol. The van der Waals surface area contributed by atoms with Gasteiger partial charge in [-0.3, -0.25) is 9.59 Å². The van der Waals surface area contributed by atoms with Crippen LogP contribution in [-0.2, 0) is 11.2 Å². The molecule has 0 N–H and O–H groups in total. The van der Waals surface area contributed by atoms with Crippen LogP contribution in [0.3, 0.4) is 0 Å². The van der Waals surface area contributed by atoms with Crippen LogP contribution in [0.15, 0.2) is 10.5 Å². The fourth-order valence-corrected chi connectivity index (χ4v) is 4.44. The van der Waals surface area contributed by atoms with Crippen molar-refractivity contribution in [2.24, 2.45) is 5.92 Å². The van der Waals surface area contributed by atoms with Crippen LogP contribution in [0.5, 0.6) is 0 Å². The number of aryl methyl sites for hydroxylation is 2. The molecule has 5 heteroatoms. The first-order chi connectivity index (χ1) is 11.6. The first-order valence-electron chi connectivity index (χ1n) is 9.28. The molecule has 0 bridgehead atoms. The van der Waals surface area contributed by atoms with E-state index in [9.17, 15) is 9.59 Å². The van der Waals surface area contributed by atoms with Crippen LogP contribution in [0.1, 0.15) is 60.9 Å². The Morgan fingerprint density at radius 1 is 1.29 bits per heavy atom. The van der Waals surface area contributed by atoms with Gasteiger partial charge in [0.2, 0.25) is 5.91 Å². The summed E-state index contributed by atoms with van der Waals surface area (Å²) < 4.78 is 5.75. The van der Waals surface area contributed by atoms with E-state index >= 15 is 0 Å². The number of carbonyl (C=O) groups excluding carboxylic acids is 2. The summed E-state index contributed by atoms with van der Waals surface area (Å²) >= 11 is 0. The highest BCUT2D eigenvalue weighted by atomic mass is 16.4. The van der Waals surface area contributed by atoms with Gasteiger partial charge in [-0.15, -0.1) is 0 Å². The Morgan fingerprint density at radius 3 is 2.75 bits per heavy atom. The van der Waals surface area contributed by atoms with E-state index in [0.717, 1.165) is 56.5 Å². The molecule has 0 aromatic carbocycles. The summed E-state index contributed by atoms with van der Waals surface area (Å²) in [5.74, 6) is 2.12. The largest absolute Gasteiger partial charge is 0.456 e. The minimum absolute atomic E-state index is 0.00567. The van der Waals surface area contributed by atoms with E-state index in [1.807, 2.05) is 24.8 Å². The first kappa shape index (κ1) is 15.7. The van der Waals surface area contributed by atoms with Gasteiger partial charge in [0.25, 0.3) is 5.91 Å². The van der Waals surface area contributed by atoms with E-state index in [1.54, 1.807) is 0 Å². The number of rotatable bonds is 3. The molecule has 4 rings (SSSR count). The predicted molar refractivity (Wildman–Crippen MR) is 89.7 cm³/mol. The minimum atomic E-state index is 0.00567. The Balaban J connectivity index is 1.47. The van der Waals surface area contributed by atoms with Gasteiger partial charge in [-0.25, -0.2) is 0 Å². The summed E-state index contributed by atoms with van der Waals surface area (Å²) in [5.41, 5.74) is 1.05. The fraction of sp³-hybridized carbons (Fsp3) is 0.684. The van der Waals surface area contributed by atoms with Crippen LogP contribution in [0.2, 0.25) is 0 Å². The maximum Gasteiger partial charge on any atom is 0.289 e. The van der Waals surface area contributed by atoms with E-state index in [4.69, 9.17) is 4.42 Å². The first-order valence-corrected chi connectivity index (χ1v) is 9.28. The van der Waals surface area contributed by atoms with Gasteiger partial charge in [0.15, 0.2) is 5.76 Å². The zero-order valence-corrected chi connectivity index (χ0v) is 14.6. The van der Waals surface area contributed by atoms with Crippen LogP contribution in [0, 0.1) is 12.8 Å². The molecule has 3 fully saturated rings. The van der Waals surface area contributed by atoms with Gasteiger partial charge < -0.3 is 14.2 Å². The van der Waals surface area contributed by atoms with Crippen molar-refractivity contribution in [3.8, 4) is 0 Å². The second kappa shape index (κ2) is 5.94. The SMILES string of the molecule is CCc1oc(C(=O)N2CC[C@H]3[C@@H](CCC(=O)N3C3CC3)C2)cc1C. The molecule has 1 aromatic rings. The average molecular weight is 330 g/mol. The second-order valence-corrected chi connectivity index (χ2v) is 7.51. The smallest absolute Gasteiger partial charge is 0.289 e. The third-order valence-corrected chi connectivity index (χ3v) is 5.85. The van der Waals surface area contributed by atoms with E-state index in [2.05, 4.69) is 4.90 Å². The number of amides is 2. The van der Waals surface area contributed by atoms with Crippen molar-refractivity contribution in [2.75, 3.05) is 13.1 Å². The lowest BCUT2D eigenvalue weighted by molar-refractivity contribution is -0.141. The van der Waals surface area contributed by atoms with E-state index in [-0.39, 0.29) is 5.91 Å². The molecule has 0 spiro atoms. The maximum atomic E-state index is 12.8. The van der Waals surface area contributed by atoms with Crippen LogP contribution in [0.4, 0.5) is 0 Å². The van der Waals surface area contributed by atoms with Crippen molar-refractivity contribution in [1.82, 2.24) is 9.80 Å². The van der Waals surface area contributed by atoms with Crippen LogP contribution in [0.25, 0.3) is 0 Å². The lowest BCUT2D eigenvalue weighted by atomic mass is 9.83. The van der Waals surface area contributed by atoms with Gasteiger partial charge in [-0.1, -0.05) is 6.92 Å². The van der Waals surface area contributed by atoms with Gasteiger partial charge in [-0.05, 0) is 50.2 Å². The highest BCUT2D eigenvalue weighted by Gasteiger charge is 2.46. The maximum absolute atomic E-state index is 12.8. The molecule has 0 radical (unpaired) electrons. The molecule has 2 aliphatic heterocycles. The highest BCUT2D eigenvalue weighted by Crippen LogP contribution is 2.39. The number of carbonyl (C=O) groups is 2. The lowest BCUT2D eigenvalue weighted by Crippen LogP contribution is -2.57. The molecule has 2 amide bonds. The molecule has 3 heterocycles. The summed E-state index contributed by atoms with van der Waals surface area (Å²) in [4.78, 5) is 29.2. The van der Waals surface area contributed by atoms with Crippen LogP contribution < -0.4 is 0 Å². The average Bonchev–Trinajstić information content (AvgIpc) is 3.35. The summed E-state index contributed by atoms with van der Waals surface area (Å²) in [6.45, 7) is 5.50. The van der Waals surface area contributed by atoms with Crippen molar-refractivity contribution >= 4 is 11.8 Å². The number of fused-ring (bicyclic) bond motifs is 1. The van der Waals surface area contributed by atoms with E-state index in [0.29, 0.717) is 36.1 Å². The zero-order valence-electron chi connectivity index (χ0n) is 14.6. The normalized spacial score (nSPS) is 27.3. The Bertz CT molecular complexity index is 662. The molecule has 1 aromatic heterocycles. The van der Waals surface area contributed by atoms with E-state index < -0.39 is 0 Å². The van der Waals surface area contributed by atoms with Crippen molar-refractivity contribution in [1.29, 1.82) is 0 Å². The molecule has 0 unspecified atom stereocenters. The zero-order chi connectivity index (χ0) is 16.8. The minimum Gasteiger partial charge on any atom is -0.456 e. The quantitative estimate of drug-likeness (QED) is 0.856. The molecular formula is C19H26N2O3. The number of hydrogen-bond donors (Lipinski definition) is 0. The third-order valence-electron chi connectivity index (χ3n) is 5.85. The highest BCUT2D eigenvalue weighted by molar-refractivity contribution is 5.92. The predicted octanol–water partition coefficient (Wildman–Crippen LogP) is 2.77. The molecule has 24 heavy (non-hydrogen) atoms. The Labute approximate surface area is 143 Å². The van der Waals surface area contributed by atoms with Gasteiger partial charge >= 0.3 is 0 Å². The summed E-state index contributed by atoms with van der Waals surface area (Å²) in [6.07, 6.45) is 5.57. The van der Waals surface area contributed by atoms with Gasteiger partial charge in [0, 0.05) is 38.0 Å². The monoisotopic (exact) mass is 330 g/mol. The standard InChI is InChI=1S/C19H26N2O3/c1-3-16-12(2)10-17(24-16)19(23)20-9-8-15-13(11-20)4-7-18(22)21(15)14-5-6-14/h10,13-15H,3-9,11H2,1-2H3/t13-,15-/m0/s1. The molecule has 3 aliphatic rings. The van der Waals surface area contributed by atoms with Gasteiger partial charge in [-0.2, -0.15) is 0 Å². The van der Waals surface area contributed by atoms with E-state index in [1.165, 1.54) is 0 Å². The van der Waals surface area contributed by atoms with Gasteiger partial charge in [0.1, 0.15) is 5.76 Å². The Morgan fingerprint density at radius 2 is 2.08 bits per heavy atom. The van der Waals surface area contributed by atoms with Crippen LogP contribution >= 0.6 is 0 Å². The summed E-state index contributed by atoms with van der Waals surface area (Å²) in [7, 11) is 0. The number of furan rings is 1. The third kappa shape index (κ3) is 2.64. The molecule has 5 nitrogen and oxygen atoms in total. The number of likely N-dealkylation sites (tertiary alicyclic amines) is 2. The Kier molecular flexibility index (Phi) is 3.89. The molecule has 130 valence electrons. The number of nitrogens with zero attached hydrogens (tertiary/aromatic N) is 2. The van der Waals surface area contributed by atoms with Gasteiger partial charge in [0.05, 0.1) is 0 Å². The second-order valence-electron chi connectivity index (χ2n) is 7.51. The van der Waals surface area contributed by atoms with Crippen molar-refractivity contribution in [3.63, 3.8) is 0 Å². The lowest BCUT2D eigenvalue weighted by Gasteiger charge is -2.47. The van der Waals surface area contributed by atoms with Crippen LogP contribution in [-0.4, -0.2) is 46.8 Å². The topological polar surface area (TPSA) is 53.8 Å². The van der Waals surface area contributed by atoms with Crippen molar-refractivity contribution in [3.05, 3.63) is 23.2 Å². The fourth-order valence-electron chi connectivity index (χ4n) is 4.44. The molecule has 2 saturated heterocycles. The molecule has 1 aliphatic carbocycles. The molecule has 2 atom stereocenters. The Hall–Kier alpha value is -1.78. The van der Waals surface area contributed by atoms with Crippen molar-refractivity contribution < 1.29 is 14.0 Å². The summed E-state index contributed by atoms with van der Waals surface area (Å²) in [6, 6.07) is 2.69. The number of hydrogen-bond acceptors (Lipinski definition) is 3. The molecule has 1 saturated carbocycles. The number of piperidine rings is 2.